The topological polar surface area (TPSA) is 72.4 Å². The van der Waals surface area contributed by atoms with Crippen molar-refractivity contribution in [3.05, 3.63) is 65.6 Å². The molecule has 7 heteroatoms. The Balaban J connectivity index is 1.42. The Bertz CT molecular complexity index is 1220. The number of hydrogen-bond donors (Lipinski definition) is 2. The molecule has 3 heterocycles. The lowest BCUT2D eigenvalue weighted by atomic mass is 10.0. The molecule has 0 spiro atoms. The van der Waals surface area contributed by atoms with E-state index in [-0.39, 0.29) is 23.7 Å². The third-order valence-electron chi connectivity index (χ3n) is 6.10. The number of fused-ring (bicyclic) bond motifs is 2. The van der Waals surface area contributed by atoms with Crippen molar-refractivity contribution in [1.29, 1.82) is 0 Å². The van der Waals surface area contributed by atoms with Gasteiger partial charge in [-0.25, -0.2) is 4.39 Å². The number of anilines is 2. The Labute approximate surface area is 185 Å². The first-order chi connectivity index (χ1) is 15.6. The molecule has 6 nitrogen and oxygen atoms in total. The number of carbonyl (C=O) groups is 2. The third-order valence-corrected chi connectivity index (χ3v) is 6.10. The second kappa shape index (κ2) is 8.59. The van der Waals surface area contributed by atoms with Gasteiger partial charge in [0.15, 0.2) is 0 Å². The molecule has 2 aliphatic heterocycles. The van der Waals surface area contributed by atoms with E-state index in [0.717, 1.165) is 40.7 Å². The van der Waals surface area contributed by atoms with Gasteiger partial charge in [0.25, 0.3) is 0 Å². The van der Waals surface area contributed by atoms with E-state index in [1.54, 1.807) is 18.2 Å². The number of amides is 2. The lowest BCUT2D eigenvalue weighted by Crippen LogP contribution is -2.21. The van der Waals surface area contributed by atoms with Crippen LogP contribution < -0.4 is 10.6 Å². The van der Waals surface area contributed by atoms with Gasteiger partial charge in [-0.05, 0) is 67.3 Å². The van der Waals surface area contributed by atoms with Crippen molar-refractivity contribution in [3.63, 3.8) is 0 Å². The molecule has 2 aromatic carbocycles. The highest BCUT2D eigenvalue weighted by atomic mass is 19.1. The van der Waals surface area contributed by atoms with Gasteiger partial charge in [-0.1, -0.05) is 6.07 Å². The molecule has 2 amide bonds. The summed E-state index contributed by atoms with van der Waals surface area (Å²) in [7, 11) is 0. The zero-order valence-electron chi connectivity index (χ0n) is 17.6. The van der Waals surface area contributed by atoms with Gasteiger partial charge in [0.05, 0.1) is 0 Å². The van der Waals surface area contributed by atoms with Crippen molar-refractivity contribution in [3.8, 4) is 0 Å². The monoisotopic (exact) mass is 433 g/mol. The van der Waals surface area contributed by atoms with Crippen LogP contribution in [0.2, 0.25) is 0 Å². The molecule has 0 atom stereocenters. The summed E-state index contributed by atoms with van der Waals surface area (Å²) in [4.78, 5) is 24.4. The first-order valence-corrected chi connectivity index (χ1v) is 10.9. The average molecular weight is 433 g/mol. The molecule has 2 N–H and O–H groups in total. The maximum atomic E-state index is 13.8. The quantitative estimate of drug-likeness (QED) is 0.588. The smallest absolute Gasteiger partial charge is 0.248 e. The molecule has 5 rings (SSSR count). The summed E-state index contributed by atoms with van der Waals surface area (Å²) in [5, 5.41) is 6.58. The van der Waals surface area contributed by atoms with E-state index in [1.807, 2.05) is 18.2 Å². The van der Waals surface area contributed by atoms with E-state index in [9.17, 15) is 14.0 Å². The van der Waals surface area contributed by atoms with Crippen LogP contribution in [0.15, 0.2) is 48.5 Å². The highest BCUT2D eigenvalue weighted by Gasteiger charge is 2.21. The summed E-state index contributed by atoms with van der Waals surface area (Å²) < 4.78 is 21.5. The van der Waals surface area contributed by atoms with Crippen LogP contribution in [0.25, 0.3) is 17.0 Å². The minimum absolute atomic E-state index is 0.0155. The molecule has 3 aromatic rings. The van der Waals surface area contributed by atoms with Crippen molar-refractivity contribution < 1.29 is 18.7 Å². The number of rotatable bonds is 4. The van der Waals surface area contributed by atoms with Gasteiger partial charge in [-0.3, -0.25) is 9.59 Å². The maximum absolute atomic E-state index is 13.8. The molecular formula is C25H24FN3O3. The van der Waals surface area contributed by atoms with Crippen LogP contribution in [-0.4, -0.2) is 29.6 Å². The van der Waals surface area contributed by atoms with E-state index in [0.29, 0.717) is 31.7 Å². The van der Waals surface area contributed by atoms with E-state index < -0.39 is 0 Å². The van der Waals surface area contributed by atoms with Crippen LogP contribution in [0.3, 0.4) is 0 Å². The molecule has 0 bridgehead atoms. The Hall–Kier alpha value is -3.45. The number of carbonyl (C=O) groups excluding carboxylic acids is 2. The van der Waals surface area contributed by atoms with E-state index in [2.05, 4.69) is 15.2 Å². The summed E-state index contributed by atoms with van der Waals surface area (Å²) in [5.74, 6) is -0.556. The molecule has 0 unspecified atom stereocenters. The van der Waals surface area contributed by atoms with Crippen LogP contribution in [0.1, 0.15) is 36.6 Å². The van der Waals surface area contributed by atoms with Crippen LogP contribution in [0.5, 0.6) is 0 Å². The number of hydrogen-bond acceptors (Lipinski definition) is 3. The Kier molecular flexibility index (Phi) is 5.49. The predicted molar refractivity (Wildman–Crippen MR) is 122 cm³/mol. The summed E-state index contributed by atoms with van der Waals surface area (Å²) in [6.45, 7) is 1.37. The standard InChI is InChI=1S/C25H24FN3O3/c26-17-4-7-23-16(14-17)15-19(29(23)18-10-12-32-13-11-18)5-8-24(30)27-21-2-1-3-22-20(21)6-9-25(31)28-22/h1-5,7-8,14-15,18H,6,9-13H2,(H,27,30)(H,28,31)/b8-5+. The number of nitrogens with one attached hydrogen (secondary N) is 2. The van der Waals surface area contributed by atoms with Gasteiger partial charge in [0.1, 0.15) is 5.82 Å². The second-order valence-electron chi connectivity index (χ2n) is 8.19. The van der Waals surface area contributed by atoms with Crippen LogP contribution in [0.4, 0.5) is 15.8 Å². The summed E-state index contributed by atoms with van der Waals surface area (Å²) in [5.41, 5.74) is 4.18. The van der Waals surface area contributed by atoms with Gasteiger partial charge in [-0.15, -0.1) is 0 Å². The van der Waals surface area contributed by atoms with Gasteiger partial charge in [-0.2, -0.15) is 0 Å². The molecule has 32 heavy (non-hydrogen) atoms. The number of benzene rings is 2. The predicted octanol–water partition coefficient (Wildman–Crippen LogP) is 4.67. The van der Waals surface area contributed by atoms with E-state index >= 15 is 0 Å². The van der Waals surface area contributed by atoms with Gasteiger partial charge in [0, 0.05) is 59.7 Å². The van der Waals surface area contributed by atoms with Crippen molar-refractivity contribution in [2.75, 3.05) is 23.8 Å². The minimum Gasteiger partial charge on any atom is -0.381 e. The summed E-state index contributed by atoms with van der Waals surface area (Å²) in [6, 6.07) is 12.4. The van der Waals surface area contributed by atoms with Gasteiger partial charge < -0.3 is 19.9 Å². The van der Waals surface area contributed by atoms with E-state index in [4.69, 9.17) is 4.74 Å². The number of nitrogens with zero attached hydrogens (tertiary/aromatic N) is 1. The number of halogens is 1. The molecule has 0 aliphatic carbocycles. The molecule has 0 saturated carbocycles. The molecule has 1 saturated heterocycles. The SMILES string of the molecule is O=C(/C=C/c1cc2cc(F)ccc2n1C1CCOCC1)Nc1cccc2c1CCC(=O)N2. The molecule has 1 fully saturated rings. The Morgan fingerprint density at radius 3 is 2.84 bits per heavy atom. The van der Waals surface area contributed by atoms with Gasteiger partial charge >= 0.3 is 0 Å². The van der Waals surface area contributed by atoms with Gasteiger partial charge in [0.2, 0.25) is 11.8 Å². The van der Waals surface area contributed by atoms with Crippen LogP contribution in [0, 0.1) is 5.82 Å². The highest BCUT2D eigenvalue weighted by Crippen LogP contribution is 2.32. The Morgan fingerprint density at radius 2 is 2.00 bits per heavy atom. The van der Waals surface area contributed by atoms with Crippen molar-refractivity contribution in [2.45, 2.75) is 31.7 Å². The van der Waals surface area contributed by atoms with Crippen molar-refractivity contribution in [2.24, 2.45) is 0 Å². The normalized spacial score (nSPS) is 16.8. The molecule has 0 radical (unpaired) electrons. The number of aromatic nitrogens is 1. The third kappa shape index (κ3) is 4.03. The molecule has 2 aliphatic rings. The number of ether oxygens (including phenoxy) is 1. The van der Waals surface area contributed by atoms with Crippen LogP contribution >= 0.6 is 0 Å². The molecule has 1 aromatic heterocycles. The van der Waals surface area contributed by atoms with Crippen molar-refractivity contribution in [1.82, 2.24) is 4.57 Å². The molecular weight excluding hydrogens is 409 g/mol. The minimum atomic E-state index is -0.282. The molecule has 164 valence electrons. The first kappa shape index (κ1) is 20.5. The largest absolute Gasteiger partial charge is 0.381 e. The fourth-order valence-corrected chi connectivity index (χ4v) is 4.58. The summed E-state index contributed by atoms with van der Waals surface area (Å²) >= 11 is 0. The van der Waals surface area contributed by atoms with E-state index in [1.165, 1.54) is 18.2 Å². The average Bonchev–Trinajstić information content (AvgIpc) is 3.15. The highest BCUT2D eigenvalue weighted by molar-refractivity contribution is 6.04. The van der Waals surface area contributed by atoms with Crippen LogP contribution in [-0.2, 0) is 20.7 Å². The maximum Gasteiger partial charge on any atom is 0.248 e. The second-order valence-corrected chi connectivity index (χ2v) is 8.19. The first-order valence-electron chi connectivity index (χ1n) is 10.9. The fourth-order valence-electron chi connectivity index (χ4n) is 4.58. The zero-order chi connectivity index (χ0) is 22.1. The zero-order valence-corrected chi connectivity index (χ0v) is 17.6. The van der Waals surface area contributed by atoms with Crippen molar-refractivity contribution >= 4 is 40.2 Å². The fraction of sp³-hybridized carbons (Fsp3) is 0.280. The lowest BCUT2D eigenvalue weighted by Gasteiger charge is -2.26. The lowest BCUT2D eigenvalue weighted by molar-refractivity contribution is -0.116. The Morgan fingerprint density at radius 1 is 1.16 bits per heavy atom. The summed E-state index contributed by atoms with van der Waals surface area (Å²) in [6.07, 6.45) is 6.01.